The number of pyridine rings is 1. The molecule has 0 aromatic carbocycles. The molecule has 130 valence electrons. The summed E-state index contributed by atoms with van der Waals surface area (Å²) < 4.78 is 5.20. The van der Waals surface area contributed by atoms with Crippen molar-refractivity contribution in [3.05, 3.63) is 23.9 Å². The molecule has 1 amide bonds. The number of aliphatic imine (C=N–C) groups is 1. The van der Waals surface area contributed by atoms with Crippen LogP contribution in [0, 0.1) is 6.92 Å². The molecule has 0 bridgehead atoms. The van der Waals surface area contributed by atoms with Gasteiger partial charge < -0.3 is 21.1 Å². The zero-order valence-electron chi connectivity index (χ0n) is 13.7. The lowest BCUT2D eigenvalue weighted by atomic mass is 10.3. The Kier molecular flexibility index (Phi) is 12.3. The molecule has 0 spiro atoms. The fourth-order valence-electron chi connectivity index (χ4n) is 1.69. The molecule has 0 radical (unpaired) electrons. The van der Waals surface area contributed by atoms with E-state index in [1.54, 1.807) is 6.07 Å². The van der Waals surface area contributed by atoms with Crippen LogP contribution in [0.4, 0.5) is 5.82 Å². The van der Waals surface area contributed by atoms with E-state index in [1.807, 2.05) is 26.0 Å². The van der Waals surface area contributed by atoms with Gasteiger partial charge in [0.15, 0.2) is 5.96 Å². The van der Waals surface area contributed by atoms with Crippen LogP contribution in [-0.2, 0) is 9.53 Å². The van der Waals surface area contributed by atoms with E-state index in [0.29, 0.717) is 44.5 Å². The SMILES string of the molecule is CCOCCCN=C(N)NCCC(=O)Nc1cccc(C)n1.I. The van der Waals surface area contributed by atoms with Gasteiger partial charge in [-0.15, -0.1) is 24.0 Å². The molecule has 1 rings (SSSR count). The van der Waals surface area contributed by atoms with Crippen molar-refractivity contribution in [1.82, 2.24) is 10.3 Å². The van der Waals surface area contributed by atoms with Crippen LogP contribution in [0.1, 0.15) is 25.5 Å². The first kappa shape index (κ1) is 21.6. The third-order valence-electron chi connectivity index (χ3n) is 2.75. The number of hydrogen-bond acceptors (Lipinski definition) is 4. The van der Waals surface area contributed by atoms with Crippen molar-refractivity contribution in [3.63, 3.8) is 0 Å². The number of nitrogens with one attached hydrogen (secondary N) is 2. The van der Waals surface area contributed by atoms with E-state index in [1.165, 1.54) is 0 Å². The minimum absolute atomic E-state index is 0. The van der Waals surface area contributed by atoms with Crippen molar-refractivity contribution in [1.29, 1.82) is 0 Å². The lowest BCUT2D eigenvalue weighted by Gasteiger charge is -2.07. The first-order valence-corrected chi connectivity index (χ1v) is 7.47. The number of carbonyl (C=O) groups is 1. The van der Waals surface area contributed by atoms with Crippen molar-refractivity contribution in [2.75, 3.05) is 31.6 Å². The molecule has 0 aliphatic rings. The Morgan fingerprint density at radius 3 is 2.91 bits per heavy atom. The molecule has 8 heteroatoms. The second-order valence-electron chi connectivity index (χ2n) is 4.71. The molecule has 0 aliphatic carbocycles. The molecule has 23 heavy (non-hydrogen) atoms. The lowest BCUT2D eigenvalue weighted by Crippen LogP contribution is -2.34. The van der Waals surface area contributed by atoms with Gasteiger partial charge in [-0.1, -0.05) is 6.07 Å². The minimum Gasteiger partial charge on any atom is -0.382 e. The molecule has 0 unspecified atom stereocenters. The van der Waals surface area contributed by atoms with Crippen molar-refractivity contribution in [2.24, 2.45) is 10.7 Å². The summed E-state index contributed by atoms with van der Waals surface area (Å²) in [6.45, 7) is 6.26. The minimum atomic E-state index is -0.116. The van der Waals surface area contributed by atoms with Crippen LogP contribution in [0.25, 0.3) is 0 Å². The lowest BCUT2D eigenvalue weighted by molar-refractivity contribution is -0.116. The smallest absolute Gasteiger partial charge is 0.227 e. The number of amides is 1. The van der Waals surface area contributed by atoms with Gasteiger partial charge in [0.05, 0.1) is 0 Å². The second-order valence-corrected chi connectivity index (χ2v) is 4.71. The monoisotopic (exact) mass is 435 g/mol. The van der Waals surface area contributed by atoms with Crippen LogP contribution in [0.3, 0.4) is 0 Å². The molecular weight excluding hydrogens is 409 g/mol. The maximum atomic E-state index is 11.7. The molecule has 0 atom stereocenters. The summed E-state index contributed by atoms with van der Waals surface area (Å²) in [5.41, 5.74) is 6.56. The Morgan fingerprint density at radius 2 is 2.22 bits per heavy atom. The molecular formula is C15H26IN5O2. The Labute approximate surface area is 154 Å². The number of halogens is 1. The Morgan fingerprint density at radius 1 is 1.43 bits per heavy atom. The maximum Gasteiger partial charge on any atom is 0.227 e. The van der Waals surface area contributed by atoms with Gasteiger partial charge in [-0.2, -0.15) is 0 Å². The number of rotatable bonds is 9. The zero-order chi connectivity index (χ0) is 16.2. The Bertz CT molecular complexity index is 497. The van der Waals surface area contributed by atoms with Gasteiger partial charge in [-0.05, 0) is 32.4 Å². The van der Waals surface area contributed by atoms with Gasteiger partial charge in [0.1, 0.15) is 5.82 Å². The summed E-state index contributed by atoms with van der Waals surface area (Å²) >= 11 is 0. The fourth-order valence-corrected chi connectivity index (χ4v) is 1.69. The Balaban J connectivity index is 0.00000484. The third-order valence-corrected chi connectivity index (χ3v) is 2.75. The van der Waals surface area contributed by atoms with E-state index in [-0.39, 0.29) is 29.9 Å². The number of ether oxygens (including phenoxy) is 1. The first-order valence-electron chi connectivity index (χ1n) is 7.47. The molecule has 0 saturated heterocycles. The summed E-state index contributed by atoms with van der Waals surface area (Å²) in [7, 11) is 0. The average Bonchev–Trinajstić information content (AvgIpc) is 2.47. The van der Waals surface area contributed by atoms with Gasteiger partial charge in [0.2, 0.25) is 5.91 Å². The highest BCUT2D eigenvalue weighted by atomic mass is 127. The number of aromatic nitrogens is 1. The van der Waals surface area contributed by atoms with E-state index in [4.69, 9.17) is 10.5 Å². The third kappa shape index (κ3) is 10.9. The number of guanidine groups is 1. The molecule has 1 aromatic rings. The van der Waals surface area contributed by atoms with Crippen LogP contribution in [-0.4, -0.2) is 43.2 Å². The van der Waals surface area contributed by atoms with Gasteiger partial charge in [-0.25, -0.2) is 4.98 Å². The van der Waals surface area contributed by atoms with Gasteiger partial charge in [0.25, 0.3) is 0 Å². The number of hydrogen-bond donors (Lipinski definition) is 3. The molecule has 0 fully saturated rings. The predicted molar refractivity (Wildman–Crippen MR) is 103 cm³/mol. The largest absolute Gasteiger partial charge is 0.382 e. The Hall–Kier alpha value is -1.42. The van der Waals surface area contributed by atoms with Crippen molar-refractivity contribution in [2.45, 2.75) is 26.7 Å². The summed E-state index contributed by atoms with van der Waals surface area (Å²) in [4.78, 5) is 20.1. The van der Waals surface area contributed by atoms with Gasteiger partial charge >= 0.3 is 0 Å². The summed E-state index contributed by atoms with van der Waals surface area (Å²) in [5, 5.41) is 5.64. The standard InChI is InChI=1S/C15H25N5O2.HI/c1-3-22-11-5-9-17-15(16)18-10-8-14(21)20-13-7-4-6-12(2)19-13;/h4,6-7H,3,5,8-11H2,1-2H3,(H3,16,17,18)(H,19,20,21);1H. The number of aryl methyl sites for hydroxylation is 1. The number of carbonyl (C=O) groups excluding carboxylic acids is 1. The second kappa shape index (κ2) is 13.1. The topological polar surface area (TPSA) is 102 Å². The van der Waals surface area contributed by atoms with E-state index >= 15 is 0 Å². The molecule has 4 N–H and O–H groups in total. The fraction of sp³-hybridized carbons (Fsp3) is 0.533. The van der Waals surface area contributed by atoms with E-state index in [2.05, 4.69) is 20.6 Å². The highest BCUT2D eigenvalue weighted by Gasteiger charge is 2.03. The average molecular weight is 435 g/mol. The highest BCUT2D eigenvalue weighted by molar-refractivity contribution is 14.0. The molecule has 1 aromatic heterocycles. The van der Waals surface area contributed by atoms with E-state index in [9.17, 15) is 4.79 Å². The van der Waals surface area contributed by atoms with Gasteiger partial charge in [-0.3, -0.25) is 9.79 Å². The number of nitrogens with two attached hydrogens (primary N) is 1. The number of anilines is 1. The van der Waals surface area contributed by atoms with E-state index < -0.39 is 0 Å². The van der Waals surface area contributed by atoms with Crippen LogP contribution in [0.5, 0.6) is 0 Å². The van der Waals surface area contributed by atoms with Crippen molar-refractivity contribution >= 4 is 41.7 Å². The molecule has 1 heterocycles. The zero-order valence-corrected chi connectivity index (χ0v) is 16.0. The summed E-state index contributed by atoms with van der Waals surface area (Å²) in [6.07, 6.45) is 1.13. The van der Waals surface area contributed by atoms with Crippen LogP contribution >= 0.6 is 24.0 Å². The van der Waals surface area contributed by atoms with Crippen molar-refractivity contribution in [3.8, 4) is 0 Å². The molecule has 0 aliphatic heterocycles. The molecule has 0 saturated carbocycles. The quantitative estimate of drug-likeness (QED) is 0.237. The van der Waals surface area contributed by atoms with Crippen LogP contribution in [0.2, 0.25) is 0 Å². The van der Waals surface area contributed by atoms with Crippen LogP contribution < -0.4 is 16.4 Å². The number of nitrogens with zero attached hydrogens (tertiary/aromatic N) is 2. The van der Waals surface area contributed by atoms with Gasteiger partial charge in [0, 0.05) is 38.4 Å². The summed E-state index contributed by atoms with van der Waals surface area (Å²) in [5.74, 6) is 0.787. The van der Waals surface area contributed by atoms with Crippen LogP contribution in [0.15, 0.2) is 23.2 Å². The predicted octanol–water partition coefficient (Wildman–Crippen LogP) is 1.67. The first-order chi connectivity index (χ1) is 10.6. The van der Waals surface area contributed by atoms with Crippen molar-refractivity contribution < 1.29 is 9.53 Å². The normalized spacial score (nSPS) is 10.8. The summed E-state index contributed by atoms with van der Waals surface area (Å²) in [6, 6.07) is 5.48. The van der Waals surface area contributed by atoms with E-state index in [0.717, 1.165) is 12.1 Å². The molecule has 7 nitrogen and oxygen atoms in total. The maximum absolute atomic E-state index is 11.7. The highest BCUT2D eigenvalue weighted by Crippen LogP contribution is 2.03.